The van der Waals surface area contributed by atoms with Gasteiger partial charge in [-0.1, -0.05) is 0 Å². The Labute approximate surface area is 135 Å². The second kappa shape index (κ2) is 6.81. The number of aromatic nitrogens is 2. The third kappa shape index (κ3) is 4.64. The number of aryl methyl sites for hydroxylation is 2. The van der Waals surface area contributed by atoms with Crippen LogP contribution in [0.25, 0.3) is 11.0 Å². The van der Waals surface area contributed by atoms with Gasteiger partial charge in [0.05, 0.1) is 29.0 Å². The van der Waals surface area contributed by atoms with Crippen LogP contribution in [0.15, 0.2) is 18.2 Å². The number of nitrogens with one attached hydrogen (secondary N) is 2. The van der Waals surface area contributed by atoms with Crippen LogP contribution in [0.4, 0.5) is 13.2 Å². The quantitative estimate of drug-likeness (QED) is 0.886. The lowest BCUT2D eigenvalue weighted by Crippen LogP contribution is -2.40. The molecular weight excluding hydrogens is 325 g/mol. The number of hydrogen-bond donors (Lipinski definition) is 2. The van der Waals surface area contributed by atoms with E-state index in [9.17, 15) is 22.8 Å². The van der Waals surface area contributed by atoms with E-state index < -0.39 is 31.1 Å². The van der Waals surface area contributed by atoms with Gasteiger partial charge >= 0.3 is 6.18 Å². The van der Waals surface area contributed by atoms with Gasteiger partial charge in [-0.25, -0.2) is 9.97 Å². The fourth-order valence-corrected chi connectivity index (χ4v) is 1.90. The highest BCUT2D eigenvalue weighted by molar-refractivity contribution is 5.98. The molecule has 2 N–H and O–H groups in total. The average molecular weight is 340 g/mol. The van der Waals surface area contributed by atoms with E-state index in [2.05, 4.69) is 15.3 Å². The number of alkyl halides is 3. The Hall–Kier alpha value is -2.71. The summed E-state index contributed by atoms with van der Waals surface area (Å²) < 4.78 is 35.9. The smallest absolute Gasteiger partial charge is 0.345 e. The van der Waals surface area contributed by atoms with Crippen LogP contribution in [-0.2, 0) is 4.79 Å². The molecule has 2 rings (SSSR count). The van der Waals surface area contributed by atoms with Crippen LogP contribution in [0, 0.1) is 13.8 Å². The van der Waals surface area contributed by atoms with Crippen molar-refractivity contribution in [2.24, 2.45) is 0 Å². The zero-order chi connectivity index (χ0) is 17.9. The number of carbonyl (C=O) groups excluding carboxylic acids is 2. The zero-order valence-corrected chi connectivity index (χ0v) is 13.0. The molecule has 0 aliphatic carbocycles. The minimum absolute atomic E-state index is 0.240. The van der Waals surface area contributed by atoms with Crippen LogP contribution in [0.2, 0.25) is 0 Å². The largest absolute Gasteiger partial charge is 0.405 e. The molecule has 0 bridgehead atoms. The maximum absolute atomic E-state index is 12.0. The van der Waals surface area contributed by atoms with Crippen molar-refractivity contribution in [1.82, 2.24) is 20.6 Å². The normalized spacial score (nSPS) is 11.4. The fraction of sp³-hybridized carbons (Fsp3) is 0.333. The first-order chi connectivity index (χ1) is 11.2. The van der Waals surface area contributed by atoms with Gasteiger partial charge in [0.2, 0.25) is 5.91 Å². The lowest BCUT2D eigenvalue weighted by molar-refractivity contribution is -0.137. The Balaban J connectivity index is 2.01. The molecule has 1 aromatic heterocycles. The first-order valence-electron chi connectivity index (χ1n) is 7.02. The molecule has 0 unspecified atom stereocenters. The molecule has 0 fully saturated rings. The first kappa shape index (κ1) is 17.6. The van der Waals surface area contributed by atoms with Crippen molar-refractivity contribution < 1.29 is 22.8 Å². The van der Waals surface area contributed by atoms with Gasteiger partial charge in [-0.05, 0) is 32.0 Å². The second-order valence-electron chi connectivity index (χ2n) is 5.17. The predicted octanol–water partition coefficient (Wildman–Crippen LogP) is 1.65. The molecular formula is C15H15F3N4O2. The number of amides is 2. The van der Waals surface area contributed by atoms with Crippen LogP contribution >= 0.6 is 0 Å². The van der Waals surface area contributed by atoms with Crippen LogP contribution in [-0.4, -0.2) is 41.0 Å². The first-order valence-corrected chi connectivity index (χ1v) is 7.02. The summed E-state index contributed by atoms with van der Waals surface area (Å²) in [5.74, 6) is -1.51. The van der Waals surface area contributed by atoms with Gasteiger partial charge in [-0.3, -0.25) is 9.59 Å². The molecule has 0 aliphatic heterocycles. The standard InChI is InChI=1S/C15H15F3N4O2/c1-8-9(2)22-12-5-10(3-4-11(12)21-8)14(24)19-6-13(23)20-7-15(16,17)18/h3-5H,6-7H2,1-2H3,(H,19,24)(H,20,23). The number of carbonyl (C=O) groups is 2. The third-order valence-electron chi connectivity index (χ3n) is 3.23. The lowest BCUT2D eigenvalue weighted by Gasteiger charge is -2.09. The summed E-state index contributed by atoms with van der Waals surface area (Å²) in [6, 6.07) is 4.64. The van der Waals surface area contributed by atoms with Crippen LogP contribution < -0.4 is 10.6 Å². The number of rotatable bonds is 4. The van der Waals surface area contributed by atoms with Crippen molar-refractivity contribution in [3.63, 3.8) is 0 Å². The Morgan fingerprint density at radius 2 is 1.67 bits per heavy atom. The molecule has 128 valence electrons. The Kier molecular flexibility index (Phi) is 5.01. The van der Waals surface area contributed by atoms with Crippen LogP contribution in [0.5, 0.6) is 0 Å². The van der Waals surface area contributed by atoms with Crippen molar-refractivity contribution in [3.8, 4) is 0 Å². The van der Waals surface area contributed by atoms with Gasteiger partial charge in [0, 0.05) is 5.56 Å². The summed E-state index contributed by atoms with van der Waals surface area (Å²) in [6.07, 6.45) is -4.49. The molecule has 24 heavy (non-hydrogen) atoms. The number of nitrogens with zero attached hydrogens (tertiary/aromatic N) is 2. The molecule has 9 heteroatoms. The van der Waals surface area contributed by atoms with E-state index in [1.165, 1.54) is 12.1 Å². The van der Waals surface area contributed by atoms with Crippen molar-refractivity contribution in [1.29, 1.82) is 0 Å². The molecule has 0 saturated heterocycles. The molecule has 1 aromatic carbocycles. The van der Waals surface area contributed by atoms with E-state index in [4.69, 9.17) is 0 Å². The van der Waals surface area contributed by atoms with Gasteiger partial charge in [0.1, 0.15) is 6.54 Å². The van der Waals surface area contributed by atoms with Crippen molar-refractivity contribution >= 4 is 22.8 Å². The maximum atomic E-state index is 12.0. The summed E-state index contributed by atoms with van der Waals surface area (Å²) in [7, 11) is 0. The SMILES string of the molecule is Cc1nc2ccc(C(=O)NCC(=O)NCC(F)(F)F)cc2nc1C. The minimum Gasteiger partial charge on any atom is -0.345 e. The number of fused-ring (bicyclic) bond motifs is 1. The van der Waals surface area contributed by atoms with E-state index in [1.807, 2.05) is 6.92 Å². The Morgan fingerprint density at radius 1 is 1.04 bits per heavy atom. The fourth-order valence-electron chi connectivity index (χ4n) is 1.90. The van der Waals surface area contributed by atoms with Gasteiger partial charge in [-0.15, -0.1) is 0 Å². The van der Waals surface area contributed by atoms with E-state index >= 15 is 0 Å². The maximum Gasteiger partial charge on any atom is 0.405 e. The summed E-state index contributed by atoms with van der Waals surface area (Å²) in [5, 5.41) is 3.93. The summed E-state index contributed by atoms with van der Waals surface area (Å²) in [4.78, 5) is 31.9. The highest BCUT2D eigenvalue weighted by Crippen LogP contribution is 2.14. The van der Waals surface area contributed by atoms with Crippen LogP contribution in [0.3, 0.4) is 0 Å². The molecule has 2 amide bonds. The summed E-state index contributed by atoms with van der Waals surface area (Å²) in [6.45, 7) is 1.62. The topological polar surface area (TPSA) is 84.0 Å². The minimum atomic E-state index is -4.49. The molecule has 2 aromatic rings. The second-order valence-corrected chi connectivity index (χ2v) is 5.17. The molecule has 0 radical (unpaired) electrons. The molecule has 0 atom stereocenters. The molecule has 0 aliphatic rings. The molecule has 6 nitrogen and oxygen atoms in total. The van der Waals surface area contributed by atoms with Crippen molar-refractivity contribution in [3.05, 3.63) is 35.2 Å². The number of benzene rings is 1. The van der Waals surface area contributed by atoms with Gasteiger partial charge < -0.3 is 10.6 Å². The lowest BCUT2D eigenvalue weighted by atomic mass is 10.1. The molecule has 1 heterocycles. The van der Waals surface area contributed by atoms with E-state index in [0.29, 0.717) is 11.0 Å². The van der Waals surface area contributed by atoms with Crippen molar-refractivity contribution in [2.45, 2.75) is 20.0 Å². The predicted molar refractivity (Wildman–Crippen MR) is 80.4 cm³/mol. The Bertz CT molecular complexity index is 790. The van der Waals surface area contributed by atoms with Gasteiger partial charge in [-0.2, -0.15) is 13.2 Å². The summed E-state index contributed by atoms with van der Waals surface area (Å²) in [5.41, 5.74) is 2.89. The molecule has 0 spiro atoms. The average Bonchev–Trinajstić information content (AvgIpc) is 2.50. The van der Waals surface area contributed by atoms with Crippen molar-refractivity contribution in [2.75, 3.05) is 13.1 Å². The van der Waals surface area contributed by atoms with E-state index in [0.717, 1.165) is 11.4 Å². The number of hydrogen-bond acceptors (Lipinski definition) is 4. The Morgan fingerprint density at radius 3 is 2.29 bits per heavy atom. The zero-order valence-electron chi connectivity index (χ0n) is 13.0. The van der Waals surface area contributed by atoms with Gasteiger partial charge in [0.25, 0.3) is 5.91 Å². The van der Waals surface area contributed by atoms with E-state index in [-0.39, 0.29) is 5.56 Å². The molecule has 0 saturated carbocycles. The number of halogens is 3. The third-order valence-corrected chi connectivity index (χ3v) is 3.23. The monoisotopic (exact) mass is 340 g/mol. The highest BCUT2D eigenvalue weighted by Gasteiger charge is 2.27. The van der Waals surface area contributed by atoms with Crippen LogP contribution in [0.1, 0.15) is 21.7 Å². The highest BCUT2D eigenvalue weighted by atomic mass is 19.4. The van der Waals surface area contributed by atoms with E-state index in [1.54, 1.807) is 18.3 Å². The summed E-state index contributed by atoms with van der Waals surface area (Å²) >= 11 is 0. The van der Waals surface area contributed by atoms with Gasteiger partial charge in [0.15, 0.2) is 0 Å².